The highest BCUT2D eigenvalue weighted by Gasteiger charge is 2.51. The average Bonchev–Trinajstić information content (AvgIpc) is 2.38. The molecule has 0 radical (unpaired) electrons. The summed E-state index contributed by atoms with van der Waals surface area (Å²) in [6.07, 6.45) is -0.155. The lowest BCUT2D eigenvalue weighted by molar-refractivity contribution is -0.158. The van der Waals surface area contributed by atoms with Gasteiger partial charge < -0.3 is 10.0 Å². The molecule has 1 aromatic rings. The van der Waals surface area contributed by atoms with Crippen LogP contribution in [0.4, 0.5) is 0 Å². The highest BCUT2D eigenvalue weighted by atomic mass is 32.2. The van der Waals surface area contributed by atoms with E-state index in [1.807, 2.05) is 0 Å². The van der Waals surface area contributed by atoms with Crippen LogP contribution in [0.15, 0.2) is 29.2 Å². The molecule has 0 fully saturated rings. The molecule has 1 unspecified atom stereocenters. The van der Waals surface area contributed by atoms with Gasteiger partial charge in [-0.3, -0.25) is 4.79 Å². The van der Waals surface area contributed by atoms with Crippen molar-refractivity contribution in [2.24, 2.45) is 0 Å². The van der Waals surface area contributed by atoms with Crippen molar-refractivity contribution in [2.45, 2.75) is 23.8 Å². The molecule has 0 aliphatic carbocycles. The van der Waals surface area contributed by atoms with Crippen LogP contribution in [0.5, 0.6) is 0 Å². The molecule has 0 spiro atoms. The molecule has 1 N–H and O–H groups in total. The second-order valence-corrected chi connectivity index (χ2v) is 6.89. The molecule has 0 saturated heterocycles. The van der Waals surface area contributed by atoms with E-state index in [9.17, 15) is 23.1 Å². The molecule has 1 atom stereocenters. The lowest BCUT2D eigenvalue weighted by atomic mass is 9.85. The highest BCUT2D eigenvalue weighted by Crippen LogP contribution is 2.41. The Bertz CT molecular complexity index is 682. The number of carbonyl (C=O) groups is 2. The van der Waals surface area contributed by atoms with E-state index in [4.69, 9.17) is 0 Å². The molecule has 1 heterocycles. The van der Waals surface area contributed by atoms with Crippen LogP contribution >= 0.6 is 0 Å². The molecule has 7 heteroatoms. The molecule has 1 aliphatic rings. The number of carbonyl (C=O) groups excluding carboxylic acids is 1. The van der Waals surface area contributed by atoms with Crippen LogP contribution in [0, 0.1) is 0 Å². The number of rotatable bonds is 2. The van der Waals surface area contributed by atoms with Gasteiger partial charge in [-0.15, -0.1) is 0 Å². The van der Waals surface area contributed by atoms with Crippen molar-refractivity contribution in [3.05, 3.63) is 29.8 Å². The number of hydrogen-bond acceptors (Lipinski definition) is 4. The number of likely N-dealkylation sites (N-methyl/N-ethyl adjacent to an activating group) is 1. The number of amides is 1. The fraction of sp³-hybridized carbons (Fsp3) is 0.385. The number of benzene rings is 1. The third-order valence-electron chi connectivity index (χ3n) is 3.80. The first-order valence-corrected chi connectivity index (χ1v) is 7.69. The van der Waals surface area contributed by atoms with Gasteiger partial charge in [0.05, 0.1) is 10.6 Å². The van der Waals surface area contributed by atoms with Crippen molar-refractivity contribution in [3.63, 3.8) is 0 Å². The van der Waals surface area contributed by atoms with Crippen molar-refractivity contribution < 1.29 is 23.1 Å². The average molecular weight is 297 g/mol. The Balaban J connectivity index is 2.79. The van der Waals surface area contributed by atoms with Crippen LogP contribution < -0.4 is 0 Å². The van der Waals surface area contributed by atoms with Crippen LogP contribution in [0.25, 0.3) is 0 Å². The van der Waals surface area contributed by atoms with Gasteiger partial charge in [0.1, 0.15) is 0 Å². The van der Waals surface area contributed by atoms with Crippen LogP contribution in [0.2, 0.25) is 0 Å². The van der Waals surface area contributed by atoms with Crippen molar-refractivity contribution in [1.82, 2.24) is 4.90 Å². The molecular weight excluding hydrogens is 282 g/mol. The van der Waals surface area contributed by atoms with Crippen molar-refractivity contribution >= 4 is 21.7 Å². The molecule has 0 saturated carbocycles. The molecule has 1 aromatic carbocycles. The summed E-state index contributed by atoms with van der Waals surface area (Å²) < 4.78 is 24.2. The number of fused-ring (bicyclic) bond motifs is 1. The van der Waals surface area contributed by atoms with Crippen molar-refractivity contribution in [1.29, 1.82) is 0 Å². The number of nitrogens with zero attached hydrogens (tertiary/aromatic N) is 1. The lowest BCUT2D eigenvalue weighted by Gasteiger charge is -2.41. The number of hydrogen-bond donors (Lipinski definition) is 1. The largest absolute Gasteiger partial charge is 0.479 e. The second kappa shape index (κ2) is 4.59. The first-order valence-electron chi connectivity index (χ1n) is 6.03. The van der Waals surface area contributed by atoms with Crippen LogP contribution in [-0.2, 0) is 25.0 Å². The summed E-state index contributed by atoms with van der Waals surface area (Å²) in [7, 11) is -2.13. The molecule has 1 aliphatic heterocycles. The van der Waals surface area contributed by atoms with Gasteiger partial charge in [-0.2, -0.15) is 0 Å². The predicted molar refractivity (Wildman–Crippen MR) is 70.9 cm³/mol. The quantitative estimate of drug-likeness (QED) is 0.864. The van der Waals surface area contributed by atoms with Gasteiger partial charge in [-0.1, -0.05) is 18.2 Å². The molecule has 20 heavy (non-hydrogen) atoms. The minimum atomic E-state index is -3.51. The summed E-state index contributed by atoms with van der Waals surface area (Å²) in [6.45, 7) is 1.26. The summed E-state index contributed by atoms with van der Waals surface area (Å²) in [5.74, 6) is -1.95. The number of carboxylic acid groups (broad SMARTS) is 1. The highest BCUT2D eigenvalue weighted by molar-refractivity contribution is 7.91. The third-order valence-corrected chi connectivity index (χ3v) is 5.57. The maximum atomic E-state index is 12.1. The SMILES string of the molecule is CC(=O)N(C)C1(C(=O)O)CCS(=O)(=O)c2ccccc21. The van der Waals surface area contributed by atoms with E-state index in [2.05, 4.69) is 0 Å². The van der Waals surface area contributed by atoms with Crippen molar-refractivity contribution in [2.75, 3.05) is 12.8 Å². The Morgan fingerprint density at radius 3 is 2.45 bits per heavy atom. The molecule has 1 amide bonds. The van der Waals surface area contributed by atoms with Gasteiger partial charge in [0.2, 0.25) is 5.91 Å². The summed E-state index contributed by atoms with van der Waals surface area (Å²) in [4.78, 5) is 24.5. The van der Waals surface area contributed by atoms with Crippen molar-refractivity contribution in [3.8, 4) is 0 Å². The second-order valence-electron chi connectivity index (χ2n) is 4.81. The summed E-state index contributed by atoms with van der Waals surface area (Å²) in [5, 5.41) is 9.64. The summed E-state index contributed by atoms with van der Waals surface area (Å²) >= 11 is 0. The van der Waals surface area contributed by atoms with Crippen LogP contribution in [-0.4, -0.2) is 43.1 Å². The molecular formula is C13H15NO5S. The standard InChI is InChI=1S/C13H15NO5S/c1-9(15)14(2)13(12(16)17)7-8-20(18,19)11-6-4-3-5-10(11)13/h3-6H,7-8H2,1-2H3,(H,16,17). The zero-order valence-corrected chi connectivity index (χ0v) is 12.0. The zero-order chi connectivity index (χ0) is 15.1. The van der Waals surface area contributed by atoms with E-state index < -0.39 is 27.3 Å². The maximum Gasteiger partial charge on any atom is 0.334 e. The third kappa shape index (κ3) is 1.89. The zero-order valence-electron chi connectivity index (χ0n) is 11.2. The van der Waals surface area contributed by atoms with Gasteiger partial charge >= 0.3 is 5.97 Å². The smallest absolute Gasteiger partial charge is 0.334 e. The van der Waals surface area contributed by atoms with Crippen LogP contribution in [0.1, 0.15) is 18.9 Å². The predicted octanol–water partition coefficient (Wildman–Crippen LogP) is 0.622. The Morgan fingerprint density at radius 1 is 1.30 bits per heavy atom. The minimum absolute atomic E-state index is 0.0123. The molecule has 108 valence electrons. The van der Waals surface area contributed by atoms with Gasteiger partial charge in [-0.25, -0.2) is 13.2 Å². The molecule has 0 bridgehead atoms. The van der Waals surface area contributed by atoms with Gasteiger partial charge in [0.15, 0.2) is 15.4 Å². The summed E-state index contributed by atoms with van der Waals surface area (Å²) in [6, 6.07) is 5.96. The van der Waals surface area contributed by atoms with Gasteiger partial charge in [0, 0.05) is 26.0 Å². The number of aliphatic carboxylic acids is 1. The van der Waals surface area contributed by atoms with E-state index in [1.54, 1.807) is 12.1 Å². The normalized spacial score (nSPS) is 23.7. The van der Waals surface area contributed by atoms with Gasteiger partial charge in [0.25, 0.3) is 0 Å². The van der Waals surface area contributed by atoms with Crippen LogP contribution in [0.3, 0.4) is 0 Å². The van der Waals surface area contributed by atoms with E-state index in [1.165, 1.54) is 26.1 Å². The number of carboxylic acids is 1. The topological polar surface area (TPSA) is 91.8 Å². The minimum Gasteiger partial charge on any atom is -0.479 e. The first-order chi connectivity index (χ1) is 9.23. The van der Waals surface area contributed by atoms with E-state index in [0.29, 0.717) is 0 Å². The van der Waals surface area contributed by atoms with E-state index in [0.717, 1.165) is 4.90 Å². The Morgan fingerprint density at radius 2 is 1.90 bits per heavy atom. The maximum absolute atomic E-state index is 12.1. The Kier molecular flexibility index (Phi) is 3.33. The lowest BCUT2D eigenvalue weighted by Crippen LogP contribution is -2.55. The van der Waals surface area contributed by atoms with E-state index in [-0.39, 0.29) is 22.6 Å². The van der Waals surface area contributed by atoms with E-state index >= 15 is 0 Å². The Labute approximate surface area is 116 Å². The summed E-state index contributed by atoms with van der Waals surface area (Å²) in [5.41, 5.74) is -1.48. The molecule has 0 aromatic heterocycles. The van der Waals surface area contributed by atoms with Gasteiger partial charge in [-0.05, 0) is 6.07 Å². The fourth-order valence-electron chi connectivity index (χ4n) is 2.59. The molecule has 6 nitrogen and oxygen atoms in total. The number of sulfone groups is 1. The Hall–Kier alpha value is -1.89. The fourth-order valence-corrected chi connectivity index (χ4v) is 4.23. The first kappa shape index (κ1) is 14.5. The monoisotopic (exact) mass is 297 g/mol. The molecule has 2 rings (SSSR count).